The van der Waals surface area contributed by atoms with Gasteiger partial charge in [0.1, 0.15) is 5.82 Å². The summed E-state index contributed by atoms with van der Waals surface area (Å²) in [5.41, 5.74) is 0.686. The first kappa shape index (κ1) is 16.4. The molecule has 0 radical (unpaired) electrons. The lowest BCUT2D eigenvalue weighted by Gasteiger charge is -2.32. The van der Waals surface area contributed by atoms with E-state index in [0.29, 0.717) is 57.7 Å². The summed E-state index contributed by atoms with van der Waals surface area (Å²) in [5, 5.41) is 3.17. The van der Waals surface area contributed by atoms with E-state index in [1.165, 1.54) is 6.07 Å². The van der Waals surface area contributed by atoms with Crippen LogP contribution >= 0.6 is 0 Å². The van der Waals surface area contributed by atoms with Crippen molar-refractivity contribution in [2.75, 3.05) is 39.3 Å². The molecule has 0 spiro atoms. The van der Waals surface area contributed by atoms with Crippen molar-refractivity contribution in [2.24, 2.45) is 0 Å². The maximum atomic E-state index is 13.4. The first-order chi connectivity index (χ1) is 10.7. The molecule has 0 atom stereocenters. The third kappa shape index (κ3) is 4.80. The molecule has 1 aromatic carbocycles. The normalized spacial score (nSPS) is 15.0. The molecule has 0 bridgehead atoms. The molecule has 1 fully saturated rings. The van der Waals surface area contributed by atoms with E-state index >= 15 is 0 Å². The maximum absolute atomic E-state index is 13.4. The predicted octanol–water partition coefficient (Wildman–Crippen LogP) is 0.649. The van der Waals surface area contributed by atoms with Crippen LogP contribution in [-0.4, -0.2) is 61.4 Å². The third-order valence-corrected chi connectivity index (χ3v) is 3.86. The lowest BCUT2D eigenvalue weighted by molar-refractivity contribution is -0.135. The summed E-state index contributed by atoms with van der Waals surface area (Å²) in [6.45, 7) is 3.65. The molecule has 0 unspecified atom stereocenters. The molecule has 2 rings (SSSR count). The van der Waals surface area contributed by atoms with Crippen molar-refractivity contribution < 1.29 is 14.0 Å². The summed E-state index contributed by atoms with van der Waals surface area (Å²) < 4.78 is 13.4. The van der Waals surface area contributed by atoms with E-state index in [1.807, 2.05) is 6.07 Å². The fourth-order valence-electron chi connectivity index (χ4n) is 2.48. The molecule has 0 saturated carbocycles. The summed E-state index contributed by atoms with van der Waals surface area (Å²) in [7, 11) is 0. The van der Waals surface area contributed by atoms with Gasteiger partial charge in [0.15, 0.2) is 0 Å². The Balaban J connectivity index is 1.60. The molecule has 5 nitrogen and oxygen atoms in total. The van der Waals surface area contributed by atoms with Crippen LogP contribution in [0.15, 0.2) is 24.3 Å². The van der Waals surface area contributed by atoms with Gasteiger partial charge >= 0.3 is 0 Å². The van der Waals surface area contributed by atoms with Crippen LogP contribution in [0.4, 0.5) is 4.39 Å². The first-order valence-corrected chi connectivity index (χ1v) is 7.62. The zero-order valence-corrected chi connectivity index (χ0v) is 12.6. The number of hydrogen-bond donors (Lipinski definition) is 1. The van der Waals surface area contributed by atoms with Gasteiger partial charge in [0.25, 0.3) is 0 Å². The van der Waals surface area contributed by atoms with Gasteiger partial charge in [-0.2, -0.15) is 0 Å². The van der Waals surface area contributed by atoms with Crippen LogP contribution < -0.4 is 5.32 Å². The average molecular weight is 307 g/mol. The van der Waals surface area contributed by atoms with E-state index in [-0.39, 0.29) is 11.7 Å². The molecule has 120 valence electrons. The van der Waals surface area contributed by atoms with Gasteiger partial charge in [0.05, 0.1) is 0 Å². The molecule has 1 aromatic rings. The predicted molar refractivity (Wildman–Crippen MR) is 81.8 cm³/mol. The largest absolute Gasteiger partial charge is 0.342 e. The van der Waals surface area contributed by atoms with Crippen LogP contribution in [0.1, 0.15) is 12.0 Å². The minimum Gasteiger partial charge on any atom is -0.342 e. The fourth-order valence-corrected chi connectivity index (χ4v) is 2.48. The van der Waals surface area contributed by atoms with Gasteiger partial charge in [0.2, 0.25) is 12.3 Å². The molecule has 0 aliphatic carbocycles. The molecule has 1 N–H and O–H groups in total. The summed E-state index contributed by atoms with van der Waals surface area (Å²) in [6, 6.07) is 6.72. The van der Waals surface area contributed by atoms with Crippen LogP contribution in [0.5, 0.6) is 0 Å². The smallest absolute Gasteiger partial charge is 0.223 e. The Morgan fingerprint density at radius 3 is 2.59 bits per heavy atom. The third-order valence-electron chi connectivity index (χ3n) is 3.86. The van der Waals surface area contributed by atoms with Crippen molar-refractivity contribution in [3.63, 3.8) is 0 Å². The monoisotopic (exact) mass is 307 g/mol. The molecule has 1 aliphatic heterocycles. The van der Waals surface area contributed by atoms with Gasteiger partial charge in [-0.05, 0) is 24.6 Å². The highest BCUT2D eigenvalue weighted by atomic mass is 19.1. The second-order valence-corrected chi connectivity index (χ2v) is 5.36. The van der Waals surface area contributed by atoms with Crippen molar-refractivity contribution in [1.82, 2.24) is 15.1 Å². The van der Waals surface area contributed by atoms with Crippen LogP contribution in [0, 0.1) is 5.82 Å². The van der Waals surface area contributed by atoms with E-state index in [9.17, 15) is 14.0 Å². The zero-order chi connectivity index (χ0) is 15.8. The van der Waals surface area contributed by atoms with Crippen molar-refractivity contribution in [3.05, 3.63) is 35.6 Å². The van der Waals surface area contributed by atoms with Crippen LogP contribution in [-0.2, 0) is 16.0 Å². The van der Waals surface area contributed by atoms with Crippen LogP contribution in [0.25, 0.3) is 0 Å². The maximum Gasteiger partial charge on any atom is 0.223 e. The Morgan fingerprint density at radius 2 is 1.91 bits per heavy atom. The average Bonchev–Trinajstić information content (AvgIpc) is 2.56. The summed E-state index contributed by atoms with van der Waals surface area (Å²) >= 11 is 0. The Morgan fingerprint density at radius 1 is 1.18 bits per heavy atom. The SMILES string of the molecule is O=CN1CCN(C(=O)CCNCCc2ccccc2F)CC1. The fraction of sp³-hybridized carbons (Fsp3) is 0.500. The quantitative estimate of drug-likeness (QED) is 0.594. The molecule has 6 heteroatoms. The van der Waals surface area contributed by atoms with Gasteiger partial charge < -0.3 is 15.1 Å². The minimum absolute atomic E-state index is 0.101. The number of piperazine rings is 1. The van der Waals surface area contributed by atoms with E-state index in [2.05, 4.69) is 5.32 Å². The van der Waals surface area contributed by atoms with Gasteiger partial charge in [0, 0.05) is 39.1 Å². The Bertz CT molecular complexity index is 502. The van der Waals surface area contributed by atoms with Crippen LogP contribution in [0.2, 0.25) is 0 Å². The van der Waals surface area contributed by atoms with Crippen molar-refractivity contribution >= 4 is 12.3 Å². The number of nitrogens with one attached hydrogen (secondary N) is 1. The molecule has 22 heavy (non-hydrogen) atoms. The van der Waals surface area contributed by atoms with Gasteiger partial charge in [-0.1, -0.05) is 18.2 Å². The molecule has 1 saturated heterocycles. The number of benzene rings is 1. The van der Waals surface area contributed by atoms with Crippen LogP contribution in [0.3, 0.4) is 0 Å². The van der Waals surface area contributed by atoms with E-state index in [4.69, 9.17) is 0 Å². The van der Waals surface area contributed by atoms with Gasteiger partial charge in [-0.3, -0.25) is 9.59 Å². The summed E-state index contributed by atoms with van der Waals surface area (Å²) in [4.78, 5) is 26.1. The number of nitrogens with zero attached hydrogens (tertiary/aromatic N) is 2. The van der Waals surface area contributed by atoms with Crippen molar-refractivity contribution in [1.29, 1.82) is 0 Å². The zero-order valence-electron chi connectivity index (χ0n) is 12.6. The van der Waals surface area contributed by atoms with E-state index in [0.717, 1.165) is 6.41 Å². The van der Waals surface area contributed by atoms with Gasteiger partial charge in [-0.25, -0.2) is 4.39 Å². The van der Waals surface area contributed by atoms with Gasteiger partial charge in [-0.15, -0.1) is 0 Å². The first-order valence-electron chi connectivity index (χ1n) is 7.62. The number of carbonyl (C=O) groups excluding carboxylic acids is 2. The highest BCUT2D eigenvalue weighted by Gasteiger charge is 2.19. The Hall–Kier alpha value is -1.95. The number of rotatable bonds is 7. The molecule has 1 heterocycles. The molecule has 2 amide bonds. The highest BCUT2D eigenvalue weighted by molar-refractivity contribution is 5.76. The number of amides is 2. The second kappa shape index (κ2) is 8.48. The molecular weight excluding hydrogens is 285 g/mol. The minimum atomic E-state index is -0.187. The summed E-state index contributed by atoms with van der Waals surface area (Å²) in [5.74, 6) is -0.0858. The molecular formula is C16H22FN3O2. The number of carbonyl (C=O) groups is 2. The highest BCUT2D eigenvalue weighted by Crippen LogP contribution is 2.06. The lowest BCUT2D eigenvalue weighted by Crippen LogP contribution is -2.48. The van der Waals surface area contributed by atoms with Crippen molar-refractivity contribution in [2.45, 2.75) is 12.8 Å². The van der Waals surface area contributed by atoms with E-state index < -0.39 is 0 Å². The number of hydrogen-bond acceptors (Lipinski definition) is 3. The second-order valence-electron chi connectivity index (χ2n) is 5.36. The standard InChI is InChI=1S/C16H22FN3O2/c17-15-4-2-1-3-14(15)5-7-18-8-6-16(22)20-11-9-19(13-21)10-12-20/h1-4,13,18H,5-12H2. The van der Waals surface area contributed by atoms with E-state index in [1.54, 1.807) is 21.9 Å². The Labute approximate surface area is 130 Å². The Kier molecular flexibility index (Phi) is 6.33. The molecule has 1 aliphatic rings. The number of halogens is 1. The lowest BCUT2D eigenvalue weighted by atomic mass is 10.1. The summed E-state index contributed by atoms with van der Waals surface area (Å²) in [6.07, 6.45) is 1.86. The molecule has 0 aromatic heterocycles. The topological polar surface area (TPSA) is 52.7 Å². The van der Waals surface area contributed by atoms with Crippen molar-refractivity contribution in [3.8, 4) is 0 Å².